The Bertz CT molecular complexity index is 563. The van der Waals surface area contributed by atoms with Crippen LogP contribution in [0.4, 0.5) is 0 Å². The van der Waals surface area contributed by atoms with Crippen LogP contribution < -0.4 is 0 Å². The summed E-state index contributed by atoms with van der Waals surface area (Å²) in [5, 5.41) is 0. The van der Waals surface area contributed by atoms with Gasteiger partial charge in [-0.1, -0.05) is 51.5 Å². The zero-order valence-electron chi connectivity index (χ0n) is 23.3. The minimum Gasteiger partial charge on any atom is -0.381 e. The Morgan fingerprint density at radius 1 is 0.647 bits per heavy atom. The van der Waals surface area contributed by atoms with E-state index < -0.39 is 0 Å². The molecule has 0 bridgehead atoms. The van der Waals surface area contributed by atoms with Crippen LogP contribution in [0, 0.1) is 17.8 Å². The molecule has 0 aromatic heterocycles. The van der Waals surface area contributed by atoms with Gasteiger partial charge in [0.2, 0.25) is 0 Å². The Hall–Kier alpha value is -0.640. The van der Waals surface area contributed by atoms with Gasteiger partial charge in [0.1, 0.15) is 0 Å². The lowest BCUT2D eigenvalue weighted by molar-refractivity contribution is 0.0627. The number of nitrogens with zero attached hydrogens (tertiary/aromatic N) is 2. The van der Waals surface area contributed by atoms with E-state index in [4.69, 9.17) is 4.74 Å². The van der Waals surface area contributed by atoms with Crippen molar-refractivity contribution in [1.82, 2.24) is 9.80 Å². The van der Waals surface area contributed by atoms with Gasteiger partial charge < -0.3 is 14.5 Å². The summed E-state index contributed by atoms with van der Waals surface area (Å²) in [6.45, 7) is 14.2. The maximum atomic E-state index is 5.58. The molecule has 0 saturated heterocycles. The van der Waals surface area contributed by atoms with Gasteiger partial charge in [0.05, 0.1) is 6.10 Å². The van der Waals surface area contributed by atoms with Gasteiger partial charge in [-0.2, -0.15) is 0 Å². The second-order valence-electron chi connectivity index (χ2n) is 11.3. The molecule has 0 amide bonds. The molecule has 0 heterocycles. The Kier molecular flexibility index (Phi) is 12.2. The number of hydrogen-bond donors (Lipinski definition) is 0. The normalized spacial score (nSPS) is 33.0. The number of rotatable bonds is 11. The molecule has 0 N–H and O–H groups in total. The van der Waals surface area contributed by atoms with Crippen LogP contribution in [-0.2, 0) is 4.74 Å². The van der Waals surface area contributed by atoms with E-state index in [0.717, 1.165) is 29.8 Å². The first-order valence-electron chi connectivity index (χ1n) is 15.0. The molecule has 3 saturated carbocycles. The van der Waals surface area contributed by atoms with Crippen LogP contribution in [0.25, 0.3) is 0 Å². The molecule has 0 radical (unpaired) electrons. The lowest BCUT2D eigenvalue weighted by Crippen LogP contribution is -2.39. The summed E-state index contributed by atoms with van der Waals surface area (Å²) in [5.74, 6) is 2.38. The van der Waals surface area contributed by atoms with Crippen molar-refractivity contribution >= 4 is 0 Å². The lowest BCUT2D eigenvalue weighted by Gasteiger charge is -2.41. The van der Waals surface area contributed by atoms with Gasteiger partial charge in [0, 0.05) is 19.2 Å². The monoisotopic (exact) mass is 472 g/mol. The highest BCUT2D eigenvalue weighted by Crippen LogP contribution is 2.41. The second kappa shape index (κ2) is 14.8. The van der Waals surface area contributed by atoms with Crippen molar-refractivity contribution in [1.29, 1.82) is 0 Å². The quantitative estimate of drug-likeness (QED) is 0.290. The predicted molar refractivity (Wildman–Crippen MR) is 147 cm³/mol. The standard InChI is InChI=1S/C31H56N2O/c1-6-32(7-2)28-19-15-26(16-20-28)31(12-10-11-25-13-23-30(34-5)24-14-25)27-17-21-29(22-18-27)33(8-3)9-4/h10-12,25-30H,6-9,13-24H2,1-5H3/b11-10+,31-12?. The molecule has 3 nitrogen and oxygen atoms in total. The first-order chi connectivity index (χ1) is 16.6. The molecule has 3 rings (SSSR count). The second-order valence-corrected chi connectivity index (χ2v) is 11.3. The first kappa shape index (κ1) is 27.9. The van der Waals surface area contributed by atoms with Crippen molar-refractivity contribution in [3.63, 3.8) is 0 Å². The van der Waals surface area contributed by atoms with Crippen LogP contribution in [0.3, 0.4) is 0 Å². The molecule has 0 aliphatic heterocycles. The van der Waals surface area contributed by atoms with Gasteiger partial charge in [-0.3, -0.25) is 0 Å². The van der Waals surface area contributed by atoms with Gasteiger partial charge in [0.15, 0.2) is 0 Å². The zero-order chi connectivity index (χ0) is 24.3. The van der Waals surface area contributed by atoms with Crippen molar-refractivity contribution in [2.75, 3.05) is 33.3 Å². The summed E-state index contributed by atoms with van der Waals surface area (Å²) in [6.07, 6.45) is 24.3. The average Bonchev–Trinajstić information content (AvgIpc) is 2.89. The number of methoxy groups -OCH3 is 1. The molecule has 0 unspecified atom stereocenters. The molecule has 0 atom stereocenters. The van der Waals surface area contributed by atoms with E-state index in [9.17, 15) is 0 Å². The van der Waals surface area contributed by atoms with Crippen LogP contribution in [0.5, 0.6) is 0 Å². The molecule has 3 aliphatic carbocycles. The van der Waals surface area contributed by atoms with Gasteiger partial charge in [-0.15, -0.1) is 0 Å². The number of allylic oxidation sites excluding steroid dienone is 4. The third kappa shape index (κ3) is 7.68. The first-order valence-corrected chi connectivity index (χ1v) is 15.0. The van der Waals surface area contributed by atoms with Crippen molar-refractivity contribution in [2.24, 2.45) is 17.8 Å². The van der Waals surface area contributed by atoms with Crippen LogP contribution in [-0.4, -0.2) is 61.3 Å². The fraction of sp³-hybridized carbons (Fsp3) is 0.871. The summed E-state index contributed by atoms with van der Waals surface area (Å²) in [6, 6.07) is 1.63. The fourth-order valence-corrected chi connectivity index (χ4v) is 7.47. The van der Waals surface area contributed by atoms with Crippen molar-refractivity contribution in [2.45, 2.75) is 123 Å². The minimum absolute atomic E-state index is 0.498. The molecular formula is C31H56N2O. The van der Waals surface area contributed by atoms with Crippen LogP contribution in [0.2, 0.25) is 0 Å². The van der Waals surface area contributed by atoms with E-state index in [-0.39, 0.29) is 0 Å². The predicted octanol–water partition coefficient (Wildman–Crippen LogP) is 7.48. The third-order valence-corrected chi connectivity index (χ3v) is 9.72. The van der Waals surface area contributed by atoms with Gasteiger partial charge in [-0.05, 0) is 121 Å². The topological polar surface area (TPSA) is 15.7 Å². The highest BCUT2D eigenvalue weighted by Gasteiger charge is 2.32. The summed E-state index contributed by atoms with van der Waals surface area (Å²) in [4.78, 5) is 5.40. The van der Waals surface area contributed by atoms with Gasteiger partial charge in [-0.25, -0.2) is 0 Å². The van der Waals surface area contributed by atoms with E-state index in [2.05, 4.69) is 55.7 Å². The van der Waals surface area contributed by atoms with Gasteiger partial charge >= 0.3 is 0 Å². The molecule has 34 heavy (non-hydrogen) atoms. The Morgan fingerprint density at radius 2 is 1.09 bits per heavy atom. The van der Waals surface area contributed by atoms with Crippen LogP contribution in [0.15, 0.2) is 23.8 Å². The number of ether oxygens (including phenoxy) is 1. The molecular weight excluding hydrogens is 416 g/mol. The van der Waals surface area contributed by atoms with E-state index >= 15 is 0 Å². The Morgan fingerprint density at radius 3 is 1.47 bits per heavy atom. The zero-order valence-corrected chi connectivity index (χ0v) is 23.3. The summed E-state index contributed by atoms with van der Waals surface area (Å²) >= 11 is 0. The van der Waals surface area contributed by atoms with Gasteiger partial charge in [0.25, 0.3) is 0 Å². The largest absolute Gasteiger partial charge is 0.381 e. The minimum atomic E-state index is 0.498. The Balaban J connectivity index is 1.65. The average molecular weight is 473 g/mol. The van der Waals surface area contributed by atoms with E-state index in [1.807, 2.05) is 12.7 Å². The molecule has 0 spiro atoms. The smallest absolute Gasteiger partial charge is 0.0571 e. The van der Waals surface area contributed by atoms with Crippen molar-refractivity contribution in [3.8, 4) is 0 Å². The highest BCUT2D eigenvalue weighted by atomic mass is 16.5. The van der Waals surface area contributed by atoms with E-state index in [0.29, 0.717) is 6.10 Å². The maximum absolute atomic E-state index is 5.58. The SMILES string of the molecule is CCN(CC)C1CCC(C(=C/C=C/C2CCC(OC)CC2)C2CCC(N(CC)CC)CC2)CC1. The molecule has 3 fully saturated rings. The van der Waals surface area contributed by atoms with E-state index in [1.54, 1.807) is 0 Å². The summed E-state index contributed by atoms with van der Waals surface area (Å²) in [5.41, 5.74) is 1.82. The molecule has 3 aliphatic rings. The maximum Gasteiger partial charge on any atom is 0.0571 e. The third-order valence-electron chi connectivity index (χ3n) is 9.72. The van der Waals surface area contributed by atoms with Crippen molar-refractivity contribution in [3.05, 3.63) is 23.8 Å². The highest BCUT2D eigenvalue weighted by molar-refractivity contribution is 5.20. The molecule has 3 heteroatoms. The fourth-order valence-electron chi connectivity index (χ4n) is 7.47. The molecule has 0 aromatic carbocycles. The Labute approximate surface area is 212 Å². The van der Waals surface area contributed by atoms with Crippen LogP contribution >= 0.6 is 0 Å². The summed E-state index contributed by atoms with van der Waals surface area (Å²) < 4.78 is 5.58. The molecule has 0 aromatic rings. The van der Waals surface area contributed by atoms with E-state index in [1.165, 1.54) is 103 Å². The number of hydrogen-bond acceptors (Lipinski definition) is 3. The van der Waals surface area contributed by atoms with Crippen molar-refractivity contribution < 1.29 is 4.74 Å². The molecule has 196 valence electrons. The lowest BCUT2D eigenvalue weighted by atomic mass is 9.71. The summed E-state index contributed by atoms with van der Waals surface area (Å²) in [7, 11) is 1.87. The van der Waals surface area contributed by atoms with Crippen LogP contribution in [0.1, 0.15) is 105 Å².